The molecule has 2 aliphatic rings. The number of rotatable bonds is 4. The van der Waals surface area contributed by atoms with E-state index in [1.165, 1.54) is 18.5 Å². The number of carbonyl (C=O) groups excluding carboxylic acids is 2. The van der Waals surface area contributed by atoms with E-state index in [0.29, 0.717) is 29.8 Å². The Kier molecular flexibility index (Phi) is 5.15. The van der Waals surface area contributed by atoms with Crippen LogP contribution in [0.4, 0.5) is 14.6 Å². The molecule has 6 nitrogen and oxygen atoms in total. The van der Waals surface area contributed by atoms with Gasteiger partial charge in [-0.25, -0.2) is 13.8 Å². The van der Waals surface area contributed by atoms with Crippen LogP contribution in [-0.2, 0) is 6.42 Å². The summed E-state index contributed by atoms with van der Waals surface area (Å²) in [6.45, 7) is 1.98. The smallest absolute Gasteiger partial charge is 0.262 e. The largest absolute Gasteiger partial charge is 0.486 e. The zero-order valence-corrected chi connectivity index (χ0v) is 18.0. The first-order valence-corrected chi connectivity index (χ1v) is 10.9. The van der Waals surface area contributed by atoms with Crippen molar-refractivity contribution in [2.24, 2.45) is 0 Å². The number of aryl methyl sites for hydroxylation is 1. The van der Waals surface area contributed by atoms with E-state index >= 15 is 0 Å². The van der Waals surface area contributed by atoms with E-state index in [9.17, 15) is 18.4 Å². The summed E-state index contributed by atoms with van der Waals surface area (Å²) in [5.74, 6) is -2.15. The SMILES string of the molecule is CCc1cc2c(cc1-c1cnc(NC(=O)c3c(F)cccc3F)cn1)OC1(CCC1)CC2=O. The molecular formula is C25H21F2N3O3. The summed E-state index contributed by atoms with van der Waals surface area (Å²) in [7, 11) is 0. The minimum atomic E-state index is -0.961. The van der Waals surface area contributed by atoms with Crippen molar-refractivity contribution >= 4 is 17.5 Å². The standard InChI is InChI=1S/C25H21F2N3O3/c1-2-14-9-16-20(31)11-25(7-4-8-25)33-21(16)10-15(14)19-12-29-22(13-28-19)30-24(32)23-17(26)5-3-6-18(23)27/h3,5-6,9-10,12-13H,2,4,7-8,11H2,1H3,(H,29,30,32). The number of ether oxygens (including phenoxy) is 1. The molecule has 1 saturated carbocycles. The van der Waals surface area contributed by atoms with E-state index in [1.54, 1.807) is 0 Å². The highest BCUT2D eigenvalue weighted by molar-refractivity contribution is 6.04. The van der Waals surface area contributed by atoms with Gasteiger partial charge in [0.25, 0.3) is 5.91 Å². The molecule has 3 aromatic rings. The van der Waals surface area contributed by atoms with Crippen LogP contribution in [-0.4, -0.2) is 27.3 Å². The van der Waals surface area contributed by atoms with Crippen LogP contribution in [0.25, 0.3) is 11.3 Å². The lowest BCUT2D eigenvalue weighted by Gasteiger charge is -2.44. The van der Waals surface area contributed by atoms with Gasteiger partial charge in [-0.1, -0.05) is 13.0 Å². The molecule has 1 fully saturated rings. The van der Waals surface area contributed by atoms with Gasteiger partial charge in [-0.05, 0) is 55.5 Å². The molecule has 0 atom stereocenters. The molecule has 33 heavy (non-hydrogen) atoms. The number of carbonyl (C=O) groups is 2. The lowest BCUT2D eigenvalue weighted by molar-refractivity contribution is -0.0177. The van der Waals surface area contributed by atoms with Crippen LogP contribution < -0.4 is 10.1 Å². The van der Waals surface area contributed by atoms with Gasteiger partial charge in [-0.3, -0.25) is 14.6 Å². The molecule has 1 amide bonds. The van der Waals surface area contributed by atoms with E-state index in [1.807, 2.05) is 19.1 Å². The van der Waals surface area contributed by atoms with Gasteiger partial charge in [0.1, 0.15) is 28.5 Å². The molecule has 1 aromatic heterocycles. The van der Waals surface area contributed by atoms with Crippen LogP contribution in [0.5, 0.6) is 5.75 Å². The molecule has 2 aromatic carbocycles. The summed E-state index contributed by atoms with van der Waals surface area (Å²) in [6.07, 6.45) is 6.69. The highest BCUT2D eigenvalue weighted by atomic mass is 19.1. The fraction of sp³-hybridized carbons (Fsp3) is 0.280. The third kappa shape index (κ3) is 3.75. The summed E-state index contributed by atoms with van der Waals surface area (Å²) in [5.41, 5.74) is 1.78. The molecule has 0 bridgehead atoms. The number of Topliss-reactive ketones (excluding diaryl/α,β-unsaturated/α-hetero) is 1. The molecule has 5 rings (SSSR count). The Morgan fingerprint density at radius 2 is 1.88 bits per heavy atom. The first-order valence-electron chi connectivity index (χ1n) is 10.9. The molecule has 2 heterocycles. The molecule has 0 unspecified atom stereocenters. The van der Waals surface area contributed by atoms with Crippen LogP contribution in [0, 0.1) is 11.6 Å². The first-order chi connectivity index (χ1) is 15.9. The average Bonchev–Trinajstić information content (AvgIpc) is 2.77. The van der Waals surface area contributed by atoms with E-state index in [0.717, 1.165) is 42.5 Å². The van der Waals surface area contributed by atoms with Crippen molar-refractivity contribution < 1.29 is 23.1 Å². The van der Waals surface area contributed by atoms with Gasteiger partial charge in [0.05, 0.1) is 30.1 Å². The van der Waals surface area contributed by atoms with E-state index in [2.05, 4.69) is 15.3 Å². The summed E-state index contributed by atoms with van der Waals surface area (Å²) in [4.78, 5) is 33.6. The molecule has 0 radical (unpaired) electrons. The average molecular weight is 449 g/mol. The van der Waals surface area contributed by atoms with E-state index in [4.69, 9.17) is 4.74 Å². The summed E-state index contributed by atoms with van der Waals surface area (Å²) in [6, 6.07) is 6.90. The second-order valence-electron chi connectivity index (χ2n) is 8.44. The van der Waals surface area contributed by atoms with Crippen molar-refractivity contribution in [1.82, 2.24) is 9.97 Å². The van der Waals surface area contributed by atoms with Crippen LogP contribution in [0.1, 0.15) is 58.9 Å². The number of ketones is 1. The Morgan fingerprint density at radius 3 is 2.48 bits per heavy atom. The Hall–Kier alpha value is -3.68. The summed E-state index contributed by atoms with van der Waals surface area (Å²) in [5, 5.41) is 2.37. The maximum Gasteiger partial charge on any atom is 0.262 e. The monoisotopic (exact) mass is 449 g/mol. The quantitative estimate of drug-likeness (QED) is 0.598. The van der Waals surface area contributed by atoms with Gasteiger partial charge in [0.2, 0.25) is 0 Å². The number of nitrogens with zero attached hydrogens (tertiary/aromatic N) is 2. The van der Waals surface area contributed by atoms with E-state index < -0.39 is 23.1 Å². The van der Waals surface area contributed by atoms with Crippen molar-refractivity contribution in [3.05, 3.63) is 71.1 Å². The number of anilines is 1. The number of amides is 1. The van der Waals surface area contributed by atoms with Gasteiger partial charge in [0, 0.05) is 5.56 Å². The zero-order valence-electron chi connectivity index (χ0n) is 18.0. The molecule has 1 spiro atoms. The predicted molar refractivity (Wildman–Crippen MR) is 117 cm³/mol. The molecule has 168 valence electrons. The maximum atomic E-state index is 13.8. The maximum absolute atomic E-state index is 13.8. The number of benzene rings is 2. The Bertz CT molecular complexity index is 1250. The van der Waals surface area contributed by atoms with Crippen molar-refractivity contribution in [1.29, 1.82) is 0 Å². The molecule has 8 heteroatoms. The topological polar surface area (TPSA) is 81.2 Å². The van der Waals surface area contributed by atoms with Crippen molar-refractivity contribution in [2.45, 2.75) is 44.6 Å². The lowest BCUT2D eigenvalue weighted by atomic mass is 9.74. The second-order valence-corrected chi connectivity index (χ2v) is 8.44. The zero-order chi connectivity index (χ0) is 23.2. The van der Waals surface area contributed by atoms with Crippen molar-refractivity contribution in [3.8, 4) is 17.0 Å². The van der Waals surface area contributed by atoms with Gasteiger partial charge in [-0.15, -0.1) is 0 Å². The molecule has 1 aliphatic heterocycles. The first kappa shape index (κ1) is 21.2. The van der Waals surface area contributed by atoms with Crippen molar-refractivity contribution in [2.75, 3.05) is 5.32 Å². The number of nitrogens with one attached hydrogen (secondary N) is 1. The second kappa shape index (κ2) is 8.03. The number of fused-ring (bicyclic) bond motifs is 1. The Morgan fingerprint density at radius 1 is 1.12 bits per heavy atom. The number of hydrogen-bond acceptors (Lipinski definition) is 5. The Balaban J connectivity index is 1.43. The van der Waals surface area contributed by atoms with Gasteiger partial charge in [0.15, 0.2) is 11.6 Å². The van der Waals surface area contributed by atoms with Crippen LogP contribution in [0.3, 0.4) is 0 Å². The number of hydrogen-bond donors (Lipinski definition) is 1. The summed E-state index contributed by atoms with van der Waals surface area (Å²) < 4.78 is 33.9. The van der Waals surface area contributed by atoms with Crippen LogP contribution in [0.15, 0.2) is 42.7 Å². The minimum Gasteiger partial charge on any atom is -0.486 e. The normalized spacial score (nSPS) is 16.0. The Labute approximate surface area is 189 Å². The third-order valence-corrected chi connectivity index (χ3v) is 6.32. The van der Waals surface area contributed by atoms with Gasteiger partial charge < -0.3 is 10.1 Å². The minimum absolute atomic E-state index is 0.0576. The molecular weight excluding hydrogens is 428 g/mol. The van der Waals surface area contributed by atoms with Gasteiger partial charge >= 0.3 is 0 Å². The molecule has 0 saturated heterocycles. The van der Waals surface area contributed by atoms with Crippen LogP contribution in [0.2, 0.25) is 0 Å². The number of halogens is 2. The van der Waals surface area contributed by atoms with Gasteiger partial charge in [-0.2, -0.15) is 0 Å². The fourth-order valence-electron chi connectivity index (χ4n) is 4.39. The summed E-state index contributed by atoms with van der Waals surface area (Å²) >= 11 is 0. The molecule has 1 N–H and O–H groups in total. The van der Waals surface area contributed by atoms with Crippen molar-refractivity contribution in [3.63, 3.8) is 0 Å². The lowest BCUT2D eigenvalue weighted by Crippen LogP contribution is -2.47. The number of aromatic nitrogens is 2. The van der Waals surface area contributed by atoms with E-state index in [-0.39, 0.29) is 17.2 Å². The highest BCUT2D eigenvalue weighted by Crippen LogP contribution is 2.46. The predicted octanol–water partition coefficient (Wildman–Crippen LogP) is 5.12. The fourth-order valence-corrected chi connectivity index (χ4v) is 4.39. The molecule has 1 aliphatic carbocycles. The highest BCUT2D eigenvalue weighted by Gasteiger charge is 2.45. The van der Waals surface area contributed by atoms with Crippen LogP contribution >= 0.6 is 0 Å². The third-order valence-electron chi connectivity index (χ3n) is 6.32.